The summed E-state index contributed by atoms with van der Waals surface area (Å²) in [6.45, 7) is 5.03. The zero-order valence-electron chi connectivity index (χ0n) is 16.1. The summed E-state index contributed by atoms with van der Waals surface area (Å²) in [5, 5.41) is 3.26. The van der Waals surface area contributed by atoms with Crippen molar-refractivity contribution >= 4 is 23.5 Å². The third-order valence-corrected chi connectivity index (χ3v) is 5.22. The lowest BCUT2D eigenvalue weighted by Crippen LogP contribution is -2.47. The van der Waals surface area contributed by atoms with E-state index in [9.17, 15) is 9.59 Å². The number of hydrogen-bond acceptors (Lipinski definition) is 4. The molecule has 2 heterocycles. The molecule has 2 aliphatic rings. The Morgan fingerprint density at radius 3 is 2.67 bits per heavy atom. The molecule has 1 amide bonds. The number of guanidine groups is 1. The highest BCUT2D eigenvalue weighted by Crippen LogP contribution is 2.27. The van der Waals surface area contributed by atoms with Gasteiger partial charge in [0.25, 0.3) is 0 Å². The van der Waals surface area contributed by atoms with E-state index >= 15 is 0 Å². The van der Waals surface area contributed by atoms with Crippen LogP contribution in [0.5, 0.6) is 0 Å². The first-order valence-corrected chi connectivity index (χ1v) is 9.63. The Morgan fingerprint density at radius 1 is 1.22 bits per heavy atom. The van der Waals surface area contributed by atoms with Gasteiger partial charge in [0, 0.05) is 31.9 Å². The van der Waals surface area contributed by atoms with Crippen LogP contribution in [0.3, 0.4) is 0 Å². The molecule has 2 aliphatic heterocycles. The van der Waals surface area contributed by atoms with E-state index in [1.54, 1.807) is 0 Å². The quantitative estimate of drug-likeness (QED) is 0.492. The number of carbonyl (C=O) groups excluding carboxylic acids is 2. The molecule has 1 saturated heterocycles. The summed E-state index contributed by atoms with van der Waals surface area (Å²) in [5.74, 6) is 0.567. The molecule has 146 valence electrons. The first-order chi connectivity index (χ1) is 13.1. The van der Waals surface area contributed by atoms with E-state index in [2.05, 4.69) is 21.3 Å². The summed E-state index contributed by atoms with van der Waals surface area (Å²) in [6, 6.07) is 8.03. The van der Waals surface area contributed by atoms with Crippen LogP contribution in [0.1, 0.15) is 25.3 Å². The maximum absolute atomic E-state index is 12.7. The van der Waals surface area contributed by atoms with Crippen LogP contribution in [0.25, 0.3) is 0 Å². The largest absolute Gasteiger partial charge is 0.469 e. The van der Waals surface area contributed by atoms with Crippen LogP contribution in [-0.2, 0) is 20.7 Å². The predicted octanol–water partition coefficient (Wildman–Crippen LogP) is 1.43. The summed E-state index contributed by atoms with van der Waals surface area (Å²) >= 11 is 0. The van der Waals surface area contributed by atoms with Crippen LogP contribution in [0, 0.1) is 5.92 Å². The number of nitrogens with zero attached hydrogens (tertiary/aromatic N) is 3. The average Bonchev–Trinajstić information content (AvgIpc) is 3.14. The molecule has 0 bridgehead atoms. The van der Waals surface area contributed by atoms with Gasteiger partial charge in [0.05, 0.1) is 13.0 Å². The number of rotatable bonds is 4. The number of aliphatic imine (C=N–C) groups is 1. The maximum Gasteiger partial charge on any atom is 0.308 e. The maximum atomic E-state index is 12.7. The van der Waals surface area contributed by atoms with Crippen molar-refractivity contribution in [3.63, 3.8) is 0 Å². The lowest BCUT2D eigenvalue weighted by Gasteiger charge is -2.33. The van der Waals surface area contributed by atoms with Gasteiger partial charge in [-0.25, -0.2) is 4.99 Å². The number of hydrogen-bond donors (Lipinski definition) is 1. The van der Waals surface area contributed by atoms with Crippen molar-refractivity contribution in [2.45, 2.75) is 26.2 Å². The van der Waals surface area contributed by atoms with Crippen LogP contribution in [0.4, 0.5) is 5.69 Å². The molecule has 27 heavy (non-hydrogen) atoms. The molecular weight excluding hydrogens is 344 g/mol. The van der Waals surface area contributed by atoms with Gasteiger partial charge in [-0.05, 0) is 37.8 Å². The molecule has 1 fully saturated rings. The monoisotopic (exact) mass is 372 g/mol. The minimum atomic E-state index is -0.139. The van der Waals surface area contributed by atoms with E-state index in [0.717, 1.165) is 57.1 Å². The minimum Gasteiger partial charge on any atom is -0.469 e. The second-order valence-corrected chi connectivity index (χ2v) is 6.88. The highest BCUT2D eigenvalue weighted by molar-refractivity contribution is 5.98. The molecule has 0 saturated carbocycles. The highest BCUT2D eigenvalue weighted by Gasteiger charge is 2.28. The Labute approximate surface area is 160 Å². The Hall–Kier alpha value is -2.57. The SMILES string of the molecule is CCNC(=NCC(=O)N1CCc2ccccc21)N1CCC(C(=O)OC)CC1. The van der Waals surface area contributed by atoms with Crippen LogP contribution >= 0.6 is 0 Å². The predicted molar refractivity (Wildman–Crippen MR) is 105 cm³/mol. The summed E-state index contributed by atoms with van der Waals surface area (Å²) < 4.78 is 4.84. The fraction of sp³-hybridized carbons (Fsp3) is 0.550. The van der Waals surface area contributed by atoms with E-state index in [4.69, 9.17) is 4.74 Å². The number of esters is 1. The summed E-state index contributed by atoms with van der Waals surface area (Å²) in [5.41, 5.74) is 2.22. The van der Waals surface area contributed by atoms with E-state index in [0.29, 0.717) is 0 Å². The Balaban J connectivity index is 1.61. The number of benzene rings is 1. The first-order valence-electron chi connectivity index (χ1n) is 9.63. The van der Waals surface area contributed by atoms with Gasteiger partial charge >= 0.3 is 5.97 Å². The number of anilines is 1. The van der Waals surface area contributed by atoms with Crippen LogP contribution in [-0.4, -0.2) is 62.6 Å². The van der Waals surface area contributed by atoms with Crippen molar-refractivity contribution in [1.82, 2.24) is 10.2 Å². The Morgan fingerprint density at radius 2 is 1.96 bits per heavy atom. The van der Waals surface area contributed by atoms with Gasteiger partial charge in [-0.2, -0.15) is 0 Å². The number of ether oxygens (including phenoxy) is 1. The molecule has 0 atom stereocenters. The van der Waals surface area contributed by atoms with Crippen molar-refractivity contribution < 1.29 is 14.3 Å². The summed E-state index contributed by atoms with van der Waals surface area (Å²) in [4.78, 5) is 32.9. The highest BCUT2D eigenvalue weighted by atomic mass is 16.5. The van der Waals surface area contributed by atoms with Crippen LogP contribution in [0.15, 0.2) is 29.3 Å². The number of amides is 1. The average molecular weight is 372 g/mol. The standard InChI is InChI=1S/C20H28N4O3/c1-3-21-20(23-11-8-16(9-12-23)19(26)27-2)22-14-18(25)24-13-10-15-6-4-5-7-17(15)24/h4-7,16H,3,8-14H2,1-2H3,(H,21,22). The van der Waals surface area contributed by atoms with Gasteiger partial charge in [-0.1, -0.05) is 18.2 Å². The molecule has 0 radical (unpaired) electrons. The fourth-order valence-electron chi connectivity index (χ4n) is 3.74. The van der Waals surface area contributed by atoms with Crippen molar-refractivity contribution in [2.75, 3.05) is 44.7 Å². The molecule has 0 aromatic heterocycles. The summed E-state index contributed by atoms with van der Waals surface area (Å²) in [7, 11) is 1.43. The lowest BCUT2D eigenvalue weighted by molar-refractivity contribution is -0.146. The molecule has 1 aromatic carbocycles. The normalized spacial score (nSPS) is 17.6. The zero-order chi connectivity index (χ0) is 19.2. The van der Waals surface area contributed by atoms with E-state index in [-0.39, 0.29) is 24.3 Å². The molecule has 1 N–H and O–H groups in total. The minimum absolute atomic E-state index is 0.0137. The van der Waals surface area contributed by atoms with Gasteiger partial charge in [0.2, 0.25) is 5.91 Å². The lowest BCUT2D eigenvalue weighted by atomic mass is 9.97. The number of para-hydroxylation sites is 1. The fourth-order valence-corrected chi connectivity index (χ4v) is 3.74. The van der Waals surface area contributed by atoms with Crippen LogP contribution in [0.2, 0.25) is 0 Å². The van der Waals surface area contributed by atoms with E-state index in [1.165, 1.54) is 12.7 Å². The molecule has 0 spiro atoms. The van der Waals surface area contributed by atoms with Gasteiger partial charge in [-0.15, -0.1) is 0 Å². The van der Waals surface area contributed by atoms with Gasteiger partial charge in [0.15, 0.2) is 5.96 Å². The number of nitrogens with one attached hydrogen (secondary N) is 1. The summed E-state index contributed by atoms with van der Waals surface area (Å²) in [6.07, 6.45) is 2.38. The smallest absolute Gasteiger partial charge is 0.308 e. The number of fused-ring (bicyclic) bond motifs is 1. The number of likely N-dealkylation sites (tertiary alicyclic amines) is 1. The molecular formula is C20H28N4O3. The molecule has 7 nitrogen and oxygen atoms in total. The first kappa shape index (κ1) is 19.2. The third kappa shape index (κ3) is 4.40. The molecule has 0 aliphatic carbocycles. The number of methoxy groups -OCH3 is 1. The van der Waals surface area contributed by atoms with Crippen LogP contribution < -0.4 is 10.2 Å². The Bertz CT molecular complexity index is 711. The zero-order valence-corrected chi connectivity index (χ0v) is 16.1. The Kier molecular flexibility index (Phi) is 6.32. The van der Waals surface area contributed by atoms with Crippen molar-refractivity contribution in [1.29, 1.82) is 0 Å². The van der Waals surface area contributed by atoms with Gasteiger partial charge < -0.3 is 19.9 Å². The van der Waals surface area contributed by atoms with Crippen molar-refractivity contribution in [3.05, 3.63) is 29.8 Å². The van der Waals surface area contributed by atoms with Crippen molar-refractivity contribution in [3.8, 4) is 0 Å². The second-order valence-electron chi connectivity index (χ2n) is 6.88. The molecule has 7 heteroatoms. The molecule has 1 aromatic rings. The number of piperidine rings is 1. The second kappa shape index (κ2) is 8.88. The third-order valence-electron chi connectivity index (χ3n) is 5.22. The van der Waals surface area contributed by atoms with Gasteiger partial charge in [-0.3, -0.25) is 9.59 Å². The number of carbonyl (C=O) groups is 2. The molecule has 3 rings (SSSR count). The van der Waals surface area contributed by atoms with E-state index < -0.39 is 0 Å². The van der Waals surface area contributed by atoms with Gasteiger partial charge in [0.1, 0.15) is 6.54 Å². The molecule has 0 unspecified atom stereocenters. The van der Waals surface area contributed by atoms with E-state index in [1.807, 2.05) is 30.0 Å². The topological polar surface area (TPSA) is 74.2 Å². The van der Waals surface area contributed by atoms with Crippen molar-refractivity contribution in [2.24, 2.45) is 10.9 Å².